The number of aryl methyl sites for hydroxylation is 1. The molecule has 0 aliphatic carbocycles. The first-order valence-electron chi connectivity index (χ1n) is 3.98. The van der Waals surface area contributed by atoms with E-state index in [-0.39, 0.29) is 5.82 Å². The van der Waals surface area contributed by atoms with Gasteiger partial charge in [0.25, 0.3) is 5.78 Å². The number of carbonyl (C=O) groups excluding carboxylic acids is 1. The summed E-state index contributed by atoms with van der Waals surface area (Å²) in [4.78, 5) is 10.7. The molecule has 0 saturated carbocycles. The van der Waals surface area contributed by atoms with E-state index < -0.39 is 16.4 Å². The number of alkyl halides is 3. The van der Waals surface area contributed by atoms with Gasteiger partial charge in [-0.3, -0.25) is 4.79 Å². The van der Waals surface area contributed by atoms with Gasteiger partial charge in [-0.05, 0) is 22.9 Å². The lowest BCUT2D eigenvalue weighted by atomic mass is 10.4. The molecular formula is C8H6BrF3N2O2. The van der Waals surface area contributed by atoms with Crippen LogP contribution in [0.1, 0.15) is 5.76 Å². The normalized spacial score (nSPS) is 12.7. The second kappa shape index (κ2) is 4.69. The zero-order chi connectivity index (χ0) is 12.3. The first kappa shape index (κ1) is 12.8. The second-order valence-corrected chi connectivity index (χ2v) is 3.64. The highest BCUT2D eigenvalue weighted by Gasteiger charge is 2.39. The molecule has 0 spiro atoms. The Kier molecular flexibility index (Phi) is 3.74. The molecule has 0 unspecified atom stereocenters. The number of allylic oxidation sites excluding steroid dienone is 1. The monoisotopic (exact) mass is 298 g/mol. The van der Waals surface area contributed by atoms with Crippen molar-refractivity contribution in [3.05, 3.63) is 22.5 Å². The van der Waals surface area contributed by atoms with Crippen LogP contribution in [-0.2, 0) is 4.79 Å². The summed E-state index contributed by atoms with van der Waals surface area (Å²) in [5, 5.41) is 5.85. The van der Waals surface area contributed by atoms with E-state index in [1.165, 1.54) is 6.07 Å². The maximum absolute atomic E-state index is 11.9. The molecule has 1 N–H and O–H groups in total. The van der Waals surface area contributed by atoms with Gasteiger partial charge >= 0.3 is 6.18 Å². The molecule has 16 heavy (non-hydrogen) atoms. The van der Waals surface area contributed by atoms with Crippen molar-refractivity contribution in [3.63, 3.8) is 0 Å². The minimum absolute atomic E-state index is 0.212. The standard InChI is InChI=1S/C8H6BrF3N2O2/c1-4-2-6(14-16-4)13-3-5(9)7(15)8(10,11)12/h2-3H,1H3,(H,13,14)/b5-3-. The van der Waals surface area contributed by atoms with Gasteiger partial charge in [-0.2, -0.15) is 13.2 Å². The predicted molar refractivity (Wildman–Crippen MR) is 52.9 cm³/mol. The number of anilines is 1. The second-order valence-electron chi connectivity index (χ2n) is 2.79. The van der Waals surface area contributed by atoms with Crippen LogP contribution >= 0.6 is 15.9 Å². The van der Waals surface area contributed by atoms with E-state index in [1.54, 1.807) is 6.92 Å². The van der Waals surface area contributed by atoms with E-state index in [9.17, 15) is 18.0 Å². The number of ketones is 1. The van der Waals surface area contributed by atoms with Gasteiger partial charge < -0.3 is 9.84 Å². The number of hydrogen-bond acceptors (Lipinski definition) is 4. The van der Waals surface area contributed by atoms with Crippen LogP contribution in [-0.4, -0.2) is 17.1 Å². The third-order valence-electron chi connectivity index (χ3n) is 1.45. The van der Waals surface area contributed by atoms with Gasteiger partial charge in [0.2, 0.25) is 0 Å². The Morgan fingerprint density at radius 3 is 2.69 bits per heavy atom. The van der Waals surface area contributed by atoms with Crippen molar-refractivity contribution in [1.82, 2.24) is 5.16 Å². The molecular weight excluding hydrogens is 293 g/mol. The topological polar surface area (TPSA) is 55.1 Å². The predicted octanol–water partition coefficient (Wildman–Crippen LogP) is 2.76. The highest BCUT2D eigenvalue weighted by molar-refractivity contribution is 9.12. The number of carbonyl (C=O) groups is 1. The molecule has 0 aromatic carbocycles. The zero-order valence-electron chi connectivity index (χ0n) is 7.93. The van der Waals surface area contributed by atoms with E-state index in [1.807, 2.05) is 0 Å². The van der Waals surface area contributed by atoms with Gasteiger partial charge in [0.05, 0.1) is 4.48 Å². The Hall–Kier alpha value is -1.31. The van der Waals surface area contributed by atoms with Gasteiger partial charge in [-0.15, -0.1) is 0 Å². The number of rotatable bonds is 3. The molecule has 88 valence electrons. The number of halogens is 4. The van der Waals surface area contributed by atoms with Crippen molar-refractivity contribution in [3.8, 4) is 0 Å². The maximum atomic E-state index is 11.9. The third kappa shape index (κ3) is 3.37. The van der Waals surface area contributed by atoms with Crippen molar-refractivity contribution in [2.24, 2.45) is 0 Å². The summed E-state index contributed by atoms with van der Waals surface area (Å²) in [6.45, 7) is 1.62. The van der Waals surface area contributed by atoms with Crippen molar-refractivity contribution in [2.45, 2.75) is 13.1 Å². The third-order valence-corrected chi connectivity index (χ3v) is 2.04. The van der Waals surface area contributed by atoms with E-state index in [0.717, 1.165) is 6.20 Å². The molecule has 0 bridgehead atoms. The van der Waals surface area contributed by atoms with Crippen LogP contribution < -0.4 is 5.32 Å². The van der Waals surface area contributed by atoms with Crippen molar-refractivity contribution in [2.75, 3.05) is 5.32 Å². The Morgan fingerprint density at radius 2 is 2.25 bits per heavy atom. The van der Waals surface area contributed by atoms with Crippen molar-refractivity contribution < 1.29 is 22.5 Å². The lowest BCUT2D eigenvalue weighted by Gasteiger charge is -2.03. The van der Waals surface area contributed by atoms with Crippen LogP contribution in [0.3, 0.4) is 0 Å². The van der Waals surface area contributed by atoms with Crippen LogP contribution in [0.4, 0.5) is 19.0 Å². The smallest absolute Gasteiger partial charge is 0.360 e. The van der Waals surface area contributed by atoms with Gasteiger partial charge in [-0.1, -0.05) is 5.16 Å². The fourth-order valence-corrected chi connectivity index (χ4v) is 1.11. The molecule has 0 amide bonds. The zero-order valence-corrected chi connectivity index (χ0v) is 9.52. The Balaban J connectivity index is 2.68. The van der Waals surface area contributed by atoms with E-state index in [4.69, 9.17) is 0 Å². The maximum Gasteiger partial charge on any atom is 0.455 e. The Morgan fingerprint density at radius 1 is 1.62 bits per heavy atom. The van der Waals surface area contributed by atoms with E-state index in [2.05, 4.69) is 30.9 Å². The summed E-state index contributed by atoms with van der Waals surface area (Å²) in [7, 11) is 0. The lowest BCUT2D eigenvalue weighted by Crippen LogP contribution is -2.22. The molecule has 0 aliphatic rings. The van der Waals surface area contributed by atoms with Crippen LogP contribution in [0.25, 0.3) is 0 Å². The van der Waals surface area contributed by atoms with Crippen molar-refractivity contribution >= 4 is 27.5 Å². The summed E-state index contributed by atoms with van der Waals surface area (Å²) in [6.07, 6.45) is -4.05. The van der Waals surface area contributed by atoms with E-state index in [0.29, 0.717) is 5.76 Å². The summed E-state index contributed by atoms with van der Waals surface area (Å²) < 4.78 is 39.9. The lowest BCUT2D eigenvalue weighted by molar-refractivity contribution is -0.165. The molecule has 4 nitrogen and oxygen atoms in total. The Bertz CT molecular complexity index is 425. The number of nitrogens with zero attached hydrogens (tertiary/aromatic N) is 1. The summed E-state index contributed by atoms with van der Waals surface area (Å²) in [5.74, 6) is -1.26. The summed E-state index contributed by atoms with van der Waals surface area (Å²) in [6, 6.07) is 1.47. The fraction of sp³-hybridized carbons (Fsp3) is 0.250. The Labute approximate surface area is 96.6 Å². The quantitative estimate of drug-likeness (QED) is 0.872. The average Bonchev–Trinajstić information content (AvgIpc) is 2.58. The first-order valence-corrected chi connectivity index (χ1v) is 4.77. The molecule has 0 aliphatic heterocycles. The number of hydrogen-bond donors (Lipinski definition) is 1. The molecule has 8 heteroatoms. The van der Waals surface area contributed by atoms with Gasteiger partial charge in [0.15, 0.2) is 5.82 Å². The highest BCUT2D eigenvalue weighted by atomic mass is 79.9. The SMILES string of the molecule is Cc1cc(N/C=C(\Br)C(=O)C(F)(F)F)no1. The molecule has 1 aromatic rings. The van der Waals surface area contributed by atoms with Crippen LogP contribution in [0.15, 0.2) is 21.3 Å². The van der Waals surface area contributed by atoms with Crippen LogP contribution in [0.5, 0.6) is 0 Å². The highest BCUT2D eigenvalue weighted by Crippen LogP contribution is 2.23. The number of aromatic nitrogens is 1. The minimum Gasteiger partial charge on any atom is -0.360 e. The fourth-order valence-electron chi connectivity index (χ4n) is 0.773. The minimum atomic E-state index is -4.91. The van der Waals surface area contributed by atoms with Gasteiger partial charge in [0.1, 0.15) is 5.76 Å². The average molecular weight is 299 g/mol. The molecule has 1 aromatic heterocycles. The van der Waals surface area contributed by atoms with Crippen molar-refractivity contribution in [1.29, 1.82) is 0 Å². The molecule has 0 saturated heterocycles. The van der Waals surface area contributed by atoms with Gasteiger partial charge in [0, 0.05) is 12.3 Å². The molecule has 1 rings (SSSR count). The van der Waals surface area contributed by atoms with E-state index >= 15 is 0 Å². The van der Waals surface area contributed by atoms with Crippen LogP contribution in [0.2, 0.25) is 0 Å². The summed E-state index contributed by atoms with van der Waals surface area (Å²) in [5.41, 5.74) is 0. The van der Waals surface area contributed by atoms with Gasteiger partial charge in [-0.25, -0.2) is 0 Å². The largest absolute Gasteiger partial charge is 0.455 e. The molecule has 0 atom stereocenters. The first-order chi connectivity index (χ1) is 7.30. The molecule has 1 heterocycles. The molecule has 0 radical (unpaired) electrons. The number of Topliss-reactive ketones (excluding diaryl/α,β-unsaturated/α-hetero) is 1. The molecule has 0 fully saturated rings. The summed E-state index contributed by atoms with van der Waals surface area (Å²) >= 11 is 2.51. The number of nitrogens with one attached hydrogen (secondary N) is 1. The van der Waals surface area contributed by atoms with Crippen LogP contribution in [0, 0.1) is 6.92 Å².